The summed E-state index contributed by atoms with van der Waals surface area (Å²) in [6.45, 7) is 4.36. The molecule has 0 radical (unpaired) electrons. The average Bonchev–Trinajstić information content (AvgIpc) is 2.19. The number of unbranched alkanes of at least 4 members (excludes halogenated alkanes) is 1. The van der Waals surface area contributed by atoms with E-state index in [0.29, 0.717) is 0 Å². The van der Waals surface area contributed by atoms with E-state index in [4.69, 9.17) is 11.6 Å². The highest BCUT2D eigenvalue weighted by Gasteiger charge is 1.86. The van der Waals surface area contributed by atoms with Crippen LogP contribution in [0.5, 0.6) is 0 Å². The van der Waals surface area contributed by atoms with Crippen LogP contribution in [-0.4, -0.2) is 6.26 Å². The van der Waals surface area contributed by atoms with E-state index in [1.165, 1.54) is 17.7 Å². The highest BCUT2D eigenvalue weighted by Crippen LogP contribution is 2.16. The van der Waals surface area contributed by atoms with Gasteiger partial charge in [-0.05, 0) is 30.5 Å². The number of hydrogen-bond donors (Lipinski definition) is 0. The molecule has 0 fully saturated rings. The van der Waals surface area contributed by atoms with Gasteiger partial charge >= 0.3 is 0 Å². The molecule has 0 aliphatic rings. The van der Waals surface area contributed by atoms with E-state index in [9.17, 15) is 0 Å². The largest absolute Gasteiger partial charge is 0.130 e. The van der Waals surface area contributed by atoms with Gasteiger partial charge < -0.3 is 0 Å². The summed E-state index contributed by atoms with van der Waals surface area (Å²) in [6.07, 6.45) is 4.68. The molecule has 13 heavy (non-hydrogen) atoms. The highest BCUT2D eigenvalue weighted by molar-refractivity contribution is 7.98. The second kappa shape index (κ2) is 8.46. The summed E-state index contributed by atoms with van der Waals surface area (Å²) in [5, 5.41) is 0.799. The van der Waals surface area contributed by atoms with Gasteiger partial charge in [-0.3, -0.25) is 0 Å². The molecule has 0 aromatic heterocycles. The molecule has 74 valence electrons. The molecule has 0 unspecified atom stereocenters. The van der Waals surface area contributed by atoms with Gasteiger partial charge in [-0.25, -0.2) is 0 Å². The molecule has 0 saturated heterocycles. The van der Waals surface area contributed by atoms with Crippen molar-refractivity contribution in [3.05, 3.63) is 29.3 Å². The molecule has 1 rings (SSSR count). The molecule has 2 heteroatoms. The maximum absolute atomic E-state index is 5.66. The van der Waals surface area contributed by atoms with Crippen LogP contribution in [-0.2, 0) is 0 Å². The fourth-order valence-corrected chi connectivity index (χ4v) is 1.10. The van der Waals surface area contributed by atoms with E-state index >= 15 is 0 Å². The Morgan fingerprint density at radius 1 is 1.08 bits per heavy atom. The van der Waals surface area contributed by atoms with E-state index < -0.39 is 0 Å². The molecule has 0 aliphatic heterocycles. The van der Waals surface area contributed by atoms with Gasteiger partial charge in [0.05, 0.1) is 0 Å². The Morgan fingerprint density at radius 2 is 1.54 bits per heavy atom. The molecule has 0 bridgehead atoms. The van der Waals surface area contributed by atoms with Crippen molar-refractivity contribution in [2.45, 2.75) is 31.6 Å². The SMILES string of the molecule is CCCC.CSc1ccc(Cl)cc1. The van der Waals surface area contributed by atoms with E-state index in [1.807, 2.05) is 30.5 Å². The van der Waals surface area contributed by atoms with Gasteiger partial charge in [-0.1, -0.05) is 38.3 Å². The van der Waals surface area contributed by atoms with Crippen molar-refractivity contribution < 1.29 is 0 Å². The quantitative estimate of drug-likeness (QED) is 0.636. The normalized spacial score (nSPS) is 8.92. The van der Waals surface area contributed by atoms with Gasteiger partial charge in [0.25, 0.3) is 0 Å². The first-order valence-corrected chi connectivity index (χ1v) is 6.14. The predicted molar refractivity (Wildman–Crippen MR) is 63.8 cm³/mol. The van der Waals surface area contributed by atoms with E-state index in [-0.39, 0.29) is 0 Å². The first-order valence-electron chi connectivity index (χ1n) is 4.54. The smallest absolute Gasteiger partial charge is 0.0406 e. The molecular weight excluding hydrogens is 200 g/mol. The first-order chi connectivity index (χ1) is 6.24. The minimum atomic E-state index is 0.799. The Kier molecular flexibility index (Phi) is 8.37. The van der Waals surface area contributed by atoms with Crippen LogP contribution < -0.4 is 0 Å². The number of halogens is 1. The molecule has 0 aliphatic carbocycles. The monoisotopic (exact) mass is 216 g/mol. The summed E-state index contributed by atoms with van der Waals surface area (Å²) in [5.74, 6) is 0. The Balaban J connectivity index is 0.000000310. The van der Waals surface area contributed by atoms with E-state index in [0.717, 1.165) is 5.02 Å². The zero-order valence-corrected chi connectivity index (χ0v) is 10.1. The van der Waals surface area contributed by atoms with Crippen molar-refractivity contribution in [2.75, 3.05) is 6.26 Å². The summed E-state index contributed by atoms with van der Waals surface area (Å²) in [7, 11) is 0. The lowest BCUT2D eigenvalue weighted by atomic mass is 10.4. The third kappa shape index (κ3) is 6.97. The number of rotatable bonds is 2. The molecule has 0 spiro atoms. The molecule has 0 nitrogen and oxygen atoms in total. The zero-order chi connectivity index (χ0) is 10.1. The number of hydrogen-bond acceptors (Lipinski definition) is 1. The lowest BCUT2D eigenvalue weighted by Crippen LogP contribution is -1.66. The Morgan fingerprint density at radius 3 is 1.85 bits per heavy atom. The molecule has 0 heterocycles. The molecule has 0 amide bonds. The summed E-state index contributed by atoms with van der Waals surface area (Å²) < 4.78 is 0. The fraction of sp³-hybridized carbons (Fsp3) is 0.455. The van der Waals surface area contributed by atoms with Gasteiger partial charge in [-0.2, -0.15) is 0 Å². The van der Waals surface area contributed by atoms with Crippen molar-refractivity contribution in [1.82, 2.24) is 0 Å². The minimum Gasteiger partial charge on any atom is -0.130 e. The highest BCUT2D eigenvalue weighted by atomic mass is 35.5. The Labute approximate surface area is 90.7 Å². The Bertz CT molecular complexity index is 204. The van der Waals surface area contributed by atoms with Gasteiger partial charge in [0, 0.05) is 9.92 Å². The molecular formula is C11H17ClS. The van der Waals surface area contributed by atoms with Crippen LogP contribution in [0.15, 0.2) is 29.2 Å². The van der Waals surface area contributed by atoms with Crippen molar-refractivity contribution in [1.29, 1.82) is 0 Å². The second-order valence-electron chi connectivity index (χ2n) is 2.66. The fourth-order valence-electron chi connectivity index (χ4n) is 0.571. The third-order valence-electron chi connectivity index (χ3n) is 1.55. The average molecular weight is 217 g/mol. The van der Waals surface area contributed by atoms with Crippen LogP contribution in [0.2, 0.25) is 5.02 Å². The van der Waals surface area contributed by atoms with E-state index in [2.05, 4.69) is 13.8 Å². The summed E-state index contributed by atoms with van der Waals surface area (Å²) in [4.78, 5) is 1.25. The third-order valence-corrected chi connectivity index (χ3v) is 2.54. The second-order valence-corrected chi connectivity index (χ2v) is 3.97. The molecule has 0 atom stereocenters. The number of benzene rings is 1. The van der Waals surface area contributed by atoms with Crippen LogP contribution >= 0.6 is 23.4 Å². The molecule has 0 N–H and O–H groups in total. The Hall–Kier alpha value is -0.140. The summed E-state index contributed by atoms with van der Waals surface area (Å²) >= 11 is 7.38. The van der Waals surface area contributed by atoms with Crippen molar-refractivity contribution in [3.63, 3.8) is 0 Å². The van der Waals surface area contributed by atoms with Crippen LogP contribution in [0.3, 0.4) is 0 Å². The lowest BCUT2D eigenvalue weighted by molar-refractivity contribution is 0.886. The van der Waals surface area contributed by atoms with Gasteiger partial charge in [0.1, 0.15) is 0 Å². The van der Waals surface area contributed by atoms with Crippen LogP contribution in [0.4, 0.5) is 0 Å². The first kappa shape index (κ1) is 12.9. The molecule has 1 aromatic rings. The van der Waals surface area contributed by atoms with Crippen LogP contribution in [0.1, 0.15) is 26.7 Å². The maximum Gasteiger partial charge on any atom is 0.0406 e. The number of thioether (sulfide) groups is 1. The van der Waals surface area contributed by atoms with Gasteiger partial charge in [0.2, 0.25) is 0 Å². The van der Waals surface area contributed by atoms with Gasteiger partial charge in [0.15, 0.2) is 0 Å². The van der Waals surface area contributed by atoms with Crippen LogP contribution in [0, 0.1) is 0 Å². The van der Waals surface area contributed by atoms with E-state index in [1.54, 1.807) is 11.8 Å². The van der Waals surface area contributed by atoms with Crippen molar-refractivity contribution in [2.24, 2.45) is 0 Å². The molecule has 0 saturated carbocycles. The summed E-state index contributed by atoms with van der Waals surface area (Å²) in [6, 6.07) is 7.81. The van der Waals surface area contributed by atoms with Gasteiger partial charge in [-0.15, -0.1) is 11.8 Å². The van der Waals surface area contributed by atoms with Crippen molar-refractivity contribution >= 4 is 23.4 Å². The molecule has 1 aromatic carbocycles. The van der Waals surface area contributed by atoms with Crippen LogP contribution in [0.25, 0.3) is 0 Å². The maximum atomic E-state index is 5.66. The topological polar surface area (TPSA) is 0 Å². The minimum absolute atomic E-state index is 0.799. The zero-order valence-electron chi connectivity index (χ0n) is 8.51. The predicted octanol–water partition coefficient (Wildman–Crippen LogP) is 4.87. The van der Waals surface area contributed by atoms with Crippen molar-refractivity contribution in [3.8, 4) is 0 Å². The standard InChI is InChI=1S/C7H7ClS.C4H10/c1-9-7-4-2-6(8)3-5-7;1-3-4-2/h2-5H,1H3;3-4H2,1-2H3. The lowest BCUT2D eigenvalue weighted by Gasteiger charge is -1.92. The summed E-state index contributed by atoms with van der Waals surface area (Å²) in [5.41, 5.74) is 0.